The van der Waals surface area contributed by atoms with Crippen molar-refractivity contribution < 1.29 is 0 Å². The molecule has 1 rings (SSSR count). The van der Waals surface area contributed by atoms with Crippen LogP contribution in [-0.2, 0) is 0 Å². The number of nitrogens with one attached hydrogen (secondary N) is 1. The minimum atomic E-state index is 0.742. The summed E-state index contributed by atoms with van der Waals surface area (Å²) in [7, 11) is 0. The van der Waals surface area contributed by atoms with Gasteiger partial charge in [0.2, 0.25) is 0 Å². The minimum absolute atomic E-state index is 0.742. The van der Waals surface area contributed by atoms with Crippen molar-refractivity contribution in [1.82, 2.24) is 5.32 Å². The molecule has 0 amide bonds. The van der Waals surface area contributed by atoms with Gasteiger partial charge in [-0.15, -0.1) is 0 Å². The standard InChI is InChI=1S/C16H33NS/c1-4-9-15(17-12-5-2)16(6-3)18-13-14-10-7-8-11-14/h14-17H,4-13H2,1-3H3. The van der Waals surface area contributed by atoms with Crippen LogP contribution in [0.3, 0.4) is 0 Å². The van der Waals surface area contributed by atoms with Crippen molar-refractivity contribution >= 4 is 11.8 Å². The predicted octanol–water partition coefficient (Wildman–Crippen LogP) is 4.86. The molecule has 2 unspecified atom stereocenters. The van der Waals surface area contributed by atoms with Crippen molar-refractivity contribution in [1.29, 1.82) is 0 Å². The molecule has 0 spiro atoms. The second kappa shape index (κ2) is 10.1. The molecule has 0 heterocycles. The highest BCUT2D eigenvalue weighted by atomic mass is 32.2. The molecule has 0 aromatic rings. The Balaban J connectivity index is 2.33. The molecule has 0 saturated heterocycles. The molecule has 0 aromatic carbocycles. The lowest BCUT2D eigenvalue weighted by molar-refractivity contribution is 0.453. The van der Waals surface area contributed by atoms with E-state index >= 15 is 0 Å². The first-order valence-corrected chi connectivity index (χ1v) is 9.21. The summed E-state index contributed by atoms with van der Waals surface area (Å²) in [5, 5.41) is 4.61. The van der Waals surface area contributed by atoms with E-state index in [0.29, 0.717) is 0 Å². The Labute approximate surface area is 119 Å². The third-order valence-electron chi connectivity index (χ3n) is 4.13. The Morgan fingerprint density at radius 3 is 2.39 bits per heavy atom. The second-order valence-electron chi connectivity index (χ2n) is 5.78. The summed E-state index contributed by atoms with van der Waals surface area (Å²) in [6.45, 7) is 8.13. The first kappa shape index (κ1) is 16.4. The van der Waals surface area contributed by atoms with Crippen molar-refractivity contribution in [3.05, 3.63) is 0 Å². The van der Waals surface area contributed by atoms with E-state index in [1.807, 2.05) is 0 Å². The third-order valence-corrected chi connectivity index (χ3v) is 5.88. The molecule has 108 valence electrons. The molecule has 1 fully saturated rings. The van der Waals surface area contributed by atoms with Crippen molar-refractivity contribution in [2.45, 2.75) is 83.4 Å². The summed E-state index contributed by atoms with van der Waals surface area (Å²) in [5.74, 6) is 2.43. The van der Waals surface area contributed by atoms with Crippen LogP contribution >= 0.6 is 11.8 Å². The summed E-state index contributed by atoms with van der Waals surface area (Å²) in [4.78, 5) is 0. The zero-order valence-electron chi connectivity index (χ0n) is 12.7. The topological polar surface area (TPSA) is 12.0 Å². The first-order valence-electron chi connectivity index (χ1n) is 8.16. The van der Waals surface area contributed by atoms with E-state index < -0.39 is 0 Å². The molecular weight excluding hydrogens is 238 g/mol. The Kier molecular flexibility index (Phi) is 9.22. The van der Waals surface area contributed by atoms with Gasteiger partial charge >= 0.3 is 0 Å². The third kappa shape index (κ3) is 5.97. The summed E-state index contributed by atoms with van der Waals surface area (Å²) in [6, 6.07) is 0.742. The fourth-order valence-corrected chi connectivity index (χ4v) is 4.57. The van der Waals surface area contributed by atoms with E-state index in [2.05, 4.69) is 37.8 Å². The van der Waals surface area contributed by atoms with Crippen LogP contribution in [0.4, 0.5) is 0 Å². The van der Waals surface area contributed by atoms with Gasteiger partial charge in [0.1, 0.15) is 0 Å². The van der Waals surface area contributed by atoms with Crippen LogP contribution in [0.15, 0.2) is 0 Å². The number of rotatable bonds is 10. The van der Waals surface area contributed by atoms with Crippen LogP contribution < -0.4 is 5.32 Å². The molecular formula is C16H33NS. The van der Waals surface area contributed by atoms with Crippen molar-refractivity contribution in [3.8, 4) is 0 Å². The Bertz CT molecular complexity index is 190. The summed E-state index contributed by atoms with van der Waals surface area (Å²) < 4.78 is 0. The molecule has 0 aliphatic heterocycles. The fourth-order valence-electron chi connectivity index (χ4n) is 3.02. The minimum Gasteiger partial charge on any atom is -0.313 e. The molecule has 2 heteroatoms. The van der Waals surface area contributed by atoms with Gasteiger partial charge in [-0.3, -0.25) is 0 Å². The number of thioether (sulfide) groups is 1. The maximum atomic E-state index is 3.78. The van der Waals surface area contributed by atoms with Crippen LogP contribution in [0, 0.1) is 5.92 Å². The van der Waals surface area contributed by atoms with Gasteiger partial charge < -0.3 is 5.32 Å². The van der Waals surface area contributed by atoms with Crippen LogP contribution in [0.2, 0.25) is 0 Å². The molecule has 1 nitrogen and oxygen atoms in total. The normalized spacial score (nSPS) is 20.2. The van der Waals surface area contributed by atoms with E-state index in [1.165, 1.54) is 63.7 Å². The molecule has 1 N–H and O–H groups in total. The zero-order valence-corrected chi connectivity index (χ0v) is 13.5. The van der Waals surface area contributed by atoms with E-state index in [4.69, 9.17) is 0 Å². The lowest BCUT2D eigenvalue weighted by Crippen LogP contribution is -2.38. The maximum Gasteiger partial charge on any atom is 0.0198 e. The van der Waals surface area contributed by atoms with Gasteiger partial charge in [-0.05, 0) is 50.3 Å². The van der Waals surface area contributed by atoms with Crippen LogP contribution in [-0.4, -0.2) is 23.6 Å². The van der Waals surface area contributed by atoms with Crippen molar-refractivity contribution in [2.75, 3.05) is 12.3 Å². The highest BCUT2D eigenvalue weighted by Crippen LogP contribution is 2.31. The van der Waals surface area contributed by atoms with Crippen molar-refractivity contribution in [2.24, 2.45) is 5.92 Å². The van der Waals surface area contributed by atoms with Gasteiger partial charge in [0.25, 0.3) is 0 Å². The largest absolute Gasteiger partial charge is 0.313 e. The molecule has 1 aliphatic rings. The Morgan fingerprint density at radius 1 is 1.11 bits per heavy atom. The first-order chi connectivity index (χ1) is 8.81. The molecule has 18 heavy (non-hydrogen) atoms. The SMILES string of the molecule is CCCNC(CCC)C(CC)SCC1CCCC1. The highest BCUT2D eigenvalue weighted by molar-refractivity contribution is 7.99. The highest BCUT2D eigenvalue weighted by Gasteiger charge is 2.22. The van der Waals surface area contributed by atoms with E-state index in [0.717, 1.165) is 17.2 Å². The molecule has 2 atom stereocenters. The van der Waals surface area contributed by atoms with Gasteiger partial charge in [-0.2, -0.15) is 11.8 Å². The monoisotopic (exact) mass is 271 g/mol. The number of hydrogen-bond acceptors (Lipinski definition) is 2. The zero-order chi connectivity index (χ0) is 13.2. The van der Waals surface area contributed by atoms with Gasteiger partial charge in [0.15, 0.2) is 0 Å². The smallest absolute Gasteiger partial charge is 0.0198 e. The molecule has 1 saturated carbocycles. The lowest BCUT2D eigenvalue weighted by Gasteiger charge is -2.27. The quantitative estimate of drug-likeness (QED) is 0.609. The van der Waals surface area contributed by atoms with E-state index in [-0.39, 0.29) is 0 Å². The van der Waals surface area contributed by atoms with E-state index in [9.17, 15) is 0 Å². The molecule has 0 aromatic heterocycles. The Hall–Kier alpha value is 0.310. The van der Waals surface area contributed by atoms with E-state index in [1.54, 1.807) is 0 Å². The molecule has 0 bridgehead atoms. The summed E-state index contributed by atoms with van der Waals surface area (Å²) in [6.07, 6.45) is 11.2. The van der Waals surface area contributed by atoms with Gasteiger partial charge in [-0.1, -0.05) is 40.0 Å². The van der Waals surface area contributed by atoms with Crippen LogP contribution in [0.25, 0.3) is 0 Å². The van der Waals surface area contributed by atoms with Gasteiger partial charge in [0.05, 0.1) is 0 Å². The lowest BCUT2D eigenvalue weighted by atomic mass is 10.1. The molecule has 1 aliphatic carbocycles. The predicted molar refractivity (Wildman–Crippen MR) is 85.5 cm³/mol. The van der Waals surface area contributed by atoms with Gasteiger partial charge in [0, 0.05) is 11.3 Å². The van der Waals surface area contributed by atoms with Crippen LogP contribution in [0.5, 0.6) is 0 Å². The van der Waals surface area contributed by atoms with Gasteiger partial charge in [-0.25, -0.2) is 0 Å². The average molecular weight is 272 g/mol. The summed E-state index contributed by atoms with van der Waals surface area (Å²) >= 11 is 2.25. The average Bonchev–Trinajstić information content (AvgIpc) is 2.89. The fraction of sp³-hybridized carbons (Fsp3) is 1.00. The Morgan fingerprint density at radius 2 is 1.83 bits per heavy atom. The van der Waals surface area contributed by atoms with Crippen LogP contribution in [0.1, 0.15) is 72.1 Å². The maximum absolute atomic E-state index is 3.78. The van der Waals surface area contributed by atoms with Crippen molar-refractivity contribution in [3.63, 3.8) is 0 Å². The number of hydrogen-bond donors (Lipinski definition) is 1. The molecule has 0 radical (unpaired) electrons. The second-order valence-corrected chi connectivity index (χ2v) is 7.05. The summed E-state index contributed by atoms with van der Waals surface area (Å²) in [5.41, 5.74) is 0.